The van der Waals surface area contributed by atoms with Crippen LogP contribution in [0.5, 0.6) is 0 Å². The maximum absolute atomic E-state index is 11.5. The summed E-state index contributed by atoms with van der Waals surface area (Å²) in [7, 11) is 0. The van der Waals surface area contributed by atoms with Crippen LogP contribution in [0.4, 0.5) is 0 Å². The second kappa shape index (κ2) is 5.16. The molecule has 0 saturated carbocycles. The highest BCUT2D eigenvalue weighted by Crippen LogP contribution is 2.15. The highest BCUT2D eigenvalue weighted by atomic mass is 16.6. The fraction of sp³-hybridized carbons (Fsp3) is 0.235. The molecule has 0 bridgehead atoms. The van der Waals surface area contributed by atoms with E-state index in [1.54, 1.807) is 0 Å². The lowest BCUT2D eigenvalue weighted by molar-refractivity contribution is -0.147. The summed E-state index contributed by atoms with van der Waals surface area (Å²) in [5.74, 6) is 4.84. The maximum atomic E-state index is 11.5. The van der Waals surface area contributed by atoms with Gasteiger partial charge in [0.05, 0.1) is 0 Å². The lowest BCUT2D eigenvalue weighted by Gasteiger charge is -2.16. The molecule has 2 aromatic carbocycles. The van der Waals surface area contributed by atoms with Gasteiger partial charge in [0, 0.05) is 11.5 Å². The van der Waals surface area contributed by atoms with E-state index in [-0.39, 0.29) is 0 Å². The Bertz CT molecular complexity index is 667. The molecular weight excluding hydrogens is 236 g/mol. The molecule has 96 valence electrons. The van der Waals surface area contributed by atoms with Gasteiger partial charge in [0.1, 0.15) is 5.60 Å². The van der Waals surface area contributed by atoms with Gasteiger partial charge in [-0.1, -0.05) is 36.3 Å². The van der Waals surface area contributed by atoms with Crippen molar-refractivity contribution in [2.45, 2.75) is 26.4 Å². The molecule has 0 unspecified atom stereocenters. The van der Waals surface area contributed by atoms with E-state index in [0.29, 0.717) is 0 Å². The summed E-state index contributed by atoms with van der Waals surface area (Å²) in [6, 6.07) is 13.9. The fourth-order valence-electron chi connectivity index (χ4n) is 1.69. The van der Waals surface area contributed by atoms with Crippen LogP contribution in [0.2, 0.25) is 0 Å². The van der Waals surface area contributed by atoms with Crippen LogP contribution >= 0.6 is 0 Å². The van der Waals surface area contributed by atoms with Crippen molar-refractivity contribution in [1.29, 1.82) is 0 Å². The zero-order chi connectivity index (χ0) is 13.9. The molecule has 2 nitrogen and oxygen atoms in total. The summed E-state index contributed by atoms with van der Waals surface area (Å²) in [6.45, 7) is 5.47. The standard InChI is InChI=1S/C17H16O2/c1-17(2,3)19-16(18)11-9-13-8-10-14-6-4-5-7-15(14)12-13/h4-8,10,12H,1-3H3. The van der Waals surface area contributed by atoms with Crippen LogP contribution < -0.4 is 0 Å². The topological polar surface area (TPSA) is 26.3 Å². The average Bonchev–Trinajstić information content (AvgIpc) is 2.34. The smallest absolute Gasteiger partial charge is 0.385 e. The zero-order valence-electron chi connectivity index (χ0n) is 11.4. The predicted octanol–water partition coefficient (Wildman–Crippen LogP) is 3.53. The maximum Gasteiger partial charge on any atom is 0.385 e. The third-order valence-corrected chi connectivity index (χ3v) is 2.46. The van der Waals surface area contributed by atoms with E-state index in [9.17, 15) is 4.79 Å². The molecular formula is C17H16O2. The van der Waals surface area contributed by atoms with Gasteiger partial charge in [0.2, 0.25) is 0 Å². The van der Waals surface area contributed by atoms with Crippen LogP contribution in [0.15, 0.2) is 42.5 Å². The Hall–Kier alpha value is -2.27. The summed E-state index contributed by atoms with van der Waals surface area (Å²) in [6.07, 6.45) is 0. The van der Waals surface area contributed by atoms with E-state index in [1.807, 2.05) is 63.2 Å². The van der Waals surface area contributed by atoms with Gasteiger partial charge in [-0.25, -0.2) is 4.79 Å². The molecule has 0 saturated heterocycles. The van der Waals surface area contributed by atoms with E-state index in [2.05, 4.69) is 11.8 Å². The summed E-state index contributed by atoms with van der Waals surface area (Å²) >= 11 is 0. The highest BCUT2D eigenvalue weighted by Gasteiger charge is 2.14. The second-order valence-electron chi connectivity index (χ2n) is 5.31. The molecule has 0 spiro atoms. The van der Waals surface area contributed by atoms with Gasteiger partial charge >= 0.3 is 5.97 Å². The van der Waals surface area contributed by atoms with E-state index in [1.165, 1.54) is 0 Å². The van der Waals surface area contributed by atoms with Crippen molar-refractivity contribution < 1.29 is 9.53 Å². The molecule has 0 N–H and O–H groups in total. The summed E-state index contributed by atoms with van der Waals surface area (Å²) in [5, 5.41) is 2.27. The van der Waals surface area contributed by atoms with E-state index >= 15 is 0 Å². The first-order valence-electron chi connectivity index (χ1n) is 6.18. The van der Waals surface area contributed by atoms with Crippen molar-refractivity contribution in [2.75, 3.05) is 0 Å². The van der Waals surface area contributed by atoms with Gasteiger partial charge in [-0.15, -0.1) is 0 Å². The molecule has 0 aliphatic rings. The van der Waals surface area contributed by atoms with Crippen molar-refractivity contribution in [3.63, 3.8) is 0 Å². The summed E-state index contributed by atoms with van der Waals surface area (Å²) in [4.78, 5) is 11.5. The Labute approximate surface area is 113 Å². The predicted molar refractivity (Wildman–Crippen MR) is 76.7 cm³/mol. The molecule has 2 aromatic rings. The quantitative estimate of drug-likeness (QED) is 0.529. The molecule has 2 heteroatoms. The Morgan fingerprint density at radius 2 is 1.74 bits per heavy atom. The molecule has 0 aliphatic heterocycles. The van der Waals surface area contributed by atoms with Crippen molar-refractivity contribution in [1.82, 2.24) is 0 Å². The zero-order valence-corrected chi connectivity index (χ0v) is 11.4. The minimum Gasteiger partial charge on any atom is -0.450 e. The van der Waals surface area contributed by atoms with Gasteiger partial charge in [0.15, 0.2) is 0 Å². The fourth-order valence-corrected chi connectivity index (χ4v) is 1.69. The number of ether oxygens (including phenoxy) is 1. The normalized spacial score (nSPS) is 10.7. The molecule has 0 aliphatic carbocycles. The molecule has 0 amide bonds. The first-order chi connectivity index (χ1) is 8.94. The number of hydrogen-bond donors (Lipinski definition) is 0. The number of rotatable bonds is 0. The first-order valence-corrected chi connectivity index (χ1v) is 6.18. The van der Waals surface area contributed by atoms with E-state index in [4.69, 9.17) is 4.74 Å². The highest BCUT2D eigenvalue weighted by molar-refractivity contribution is 5.90. The van der Waals surface area contributed by atoms with Gasteiger partial charge in [-0.2, -0.15) is 0 Å². The Balaban J connectivity index is 2.20. The number of carbonyl (C=O) groups is 1. The third-order valence-electron chi connectivity index (χ3n) is 2.46. The Morgan fingerprint density at radius 3 is 2.42 bits per heavy atom. The largest absolute Gasteiger partial charge is 0.450 e. The first kappa shape index (κ1) is 13.2. The second-order valence-corrected chi connectivity index (χ2v) is 5.31. The van der Waals surface area contributed by atoms with Gasteiger partial charge in [-0.05, 0) is 43.7 Å². The number of carbonyl (C=O) groups excluding carboxylic acids is 1. The van der Waals surface area contributed by atoms with Crippen LogP contribution in [0.1, 0.15) is 26.3 Å². The third kappa shape index (κ3) is 3.86. The van der Waals surface area contributed by atoms with Crippen LogP contribution in [-0.2, 0) is 9.53 Å². The average molecular weight is 252 g/mol. The van der Waals surface area contributed by atoms with E-state index < -0.39 is 11.6 Å². The van der Waals surface area contributed by atoms with Crippen molar-refractivity contribution in [2.24, 2.45) is 0 Å². The molecule has 2 rings (SSSR count). The monoisotopic (exact) mass is 252 g/mol. The van der Waals surface area contributed by atoms with Crippen LogP contribution in [0.25, 0.3) is 10.8 Å². The van der Waals surface area contributed by atoms with Crippen LogP contribution in [0.3, 0.4) is 0 Å². The lowest BCUT2D eigenvalue weighted by atomic mass is 10.1. The van der Waals surface area contributed by atoms with Crippen molar-refractivity contribution >= 4 is 16.7 Å². The van der Waals surface area contributed by atoms with Crippen molar-refractivity contribution in [3.8, 4) is 11.8 Å². The Kier molecular flexibility index (Phi) is 3.57. The number of hydrogen-bond acceptors (Lipinski definition) is 2. The van der Waals surface area contributed by atoms with Crippen molar-refractivity contribution in [3.05, 3.63) is 48.0 Å². The van der Waals surface area contributed by atoms with E-state index in [0.717, 1.165) is 16.3 Å². The molecule has 0 radical (unpaired) electrons. The minimum atomic E-state index is -0.505. The number of benzene rings is 2. The number of esters is 1. The minimum absolute atomic E-state index is 0.499. The van der Waals surface area contributed by atoms with Gasteiger partial charge in [-0.3, -0.25) is 0 Å². The molecule has 0 atom stereocenters. The van der Waals surface area contributed by atoms with Crippen LogP contribution in [0, 0.1) is 11.8 Å². The SMILES string of the molecule is CC(C)(C)OC(=O)C#Cc1ccc2ccccc2c1. The molecule has 0 aromatic heterocycles. The molecule has 19 heavy (non-hydrogen) atoms. The van der Waals surface area contributed by atoms with Gasteiger partial charge < -0.3 is 4.74 Å². The number of fused-ring (bicyclic) bond motifs is 1. The van der Waals surface area contributed by atoms with Crippen LogP contribution in [-0.4, -0.2) is 11.6 Å². The summed E-state index contributed by atoms with van der Waals surface area (Å²) in [5.41, 5.74) is 0.305. The molecule has 0 heterocycles. The Morgan fingerprint density at radius 1 is 1.05 bits per heavy atom. The van der Waals surface area contributed by atoms with Gasteiger partial charge in [0.25, 0.3) is 0 Å². The summed E-state index contributed by atoms with van der Waals surface area (Å²) < 4.78 is 5.13. The molecule has 0 fully saturated rings. The lowest BCUT2D eigenvalue weighted by Crippen LogP contribution is -2.22.